The second-order valence-electron chi connectivity index (χ2n) is 4.76. The first-order valence-corrected chi connectivity index (χ1v) is 8.51. The molecule has 0 spiro atoms. The SMILES string of the molecule is CCCCOCCCCOS(=O)(=O)c1ccc(C)cc1. The van der Waals surface area contributed by atoms with Crippen molar-refractivity contribution in [3.63, 3.8) is 0 Å². The van der Waals surface area contributed by atoms with Crippen molar-refractivity contribution in [3.05, 3.63) is 29.8 Å². The molecule has 0 radical (unpaired) electrons. The van der Waals surface area contributed by atoms with E-state index in [4.69, 9.17) is 8.92 Å². The molecule has 0 bridgehead atoms. The fourth-order valence-electron chi connectivity index (χ4n) is 1.60. The molecular weight excluding hydrogens is 276 g/mol. The number of hydrogen-bond acceptors (Lipinski definition) is 4. The maximum absolute atomic E-state index is 11.9. The number of unbranched alkanes of at least 4 members (excludes halogenated alkanes) is 2. The Hall–Kier alpha value is -0.910. The highest BCUT2D eigenvalue weighted by Crippen LogP contribution is 2.13. The number of aryl methyl sites for hydroxylation is 1. The fraction of sp³-hybridized carbons (Fsp3) is 0.600. The van der Waals surface area contributed by atoms with Crippen molar-refractivity contribution in [3.8, 4) is 0 Å². The first-order chi connectivity index (χ1) is 9.56. The molecule has 1 aromatic carbocycles. The molecule has 0 atom stereocenters. The Morgan fingerprint density at radius 2 is 1.55 bits per heavy atom. The van der Waals surface area contributed by atoms with E-state index in [9.17, 15) is 8.42 Å². The van der Waals surface area contributed by atoms with Crippen LogP contribution in [0.5, 0.6) is 0 Å². The van der Waals surface area contributed by atoms with Crippen LogP contribution in [0.1, 0.15) is 38.2 Å². The van der Waals surface area contributed by atoms with E-state index >= 15 is 0 Å². The summed E-state index contributed by atoms with van der Waals surface area (Å²) in [6, 6.07) is 6.66. The predicted octanol–water partition coefficient (Wildman–Crippen LogP) is 3.30. The molecule has 4 nitrogen and oxygen atoms in total. The molecule has 0 aliphatic heterocycles. The van der Waals surface area contributed by atoms with Crippen molar-refractivity contribution in [2.75, 3.05) is 19.8 Å². The molecule has 0 aliphatic rings. The Morgan fingerprint density at radius 3 is 2.20 bits per heavy atom. The molecule has 114 valence electrons. The van der Waals surface area contributed by atoms with Crippen LogP contribution in [-0.2, 0) is 19.0 Å². The van der Waals surface area contributed by atoms with E-state index in [0.29, 0.717) is 13.0 Å². The third-order valence-electron chi connectivity index (χ3n) is 2.87. The normalized spacial score (nSPS) is 11.7. The van der Waals surface area contributed by atoms with Gasteiger partial charge >= 0.3 is 0 Å². The highest BCUT2D eigenvalue weighted by molar-refractivity contribution is 7.86. The lowest BCUT2D eigenvalue weighted by Crippen LogP contribution is -2.08. The van der Waals surface area contributed by atoms with Crippen LogP contribution in [0.25, 0.3) is 0 Å². The summed E-state index contributed by atoms with van der Waals surface area (Å²) < 4.78 is 34.1. The van der Waals surface area contributed by atoms with Crippen molar-refractivity contribution >= 4 is 10.1 Å². The quantitative estimate of drug-likeness (QED) is 0.491. The van der Waals surface area contributed by atoms with Gasteiger partial charge in [0.2, 0.25) is 0 Å². The lowest BCUT2D eigenvalue weighted by atomic mass is 10.2. The van der Waals surface area contributed by atoms with Crippen molar-refractivity contribution in [1.29, 1.82) is 0 Å². The first kappa shape index (κ1) is 17.1. The van der Waals surface area contributed by atoms with Crippen molar-refractivity contribution in [1.82, 2.24) is 0 Å². The predicted molar refractivity (Wildman–Crippen MR) is 79.3 cm³/mol. The topological polar surface area (TPSA) is 52.6 Å². The Kier molecular flexibility index (Phi) is 7.80. The summed E-state index contributed by atoms with van der Waals surface area (Å²) in [5.74, 6) is 0. The Bertz CT molecular complexity index is 465. The second-order valence-corrected chi connectivity index (χ2v) is 6.38. The summed E-state index contributed by atoms with van der Waals surface area (Å²) in [5, 5.41) is 0. The minimum Gasteiger partial charge on any atom is -0.381 e. The van der Waals surface area contributed by atoms with Crippen LogP contribution in [0, 0.1) is 6.92 Å². The first-order valence-electron chi connectivity index (χ1n) is 7.10. The van der Waals surface area contributed by atoms with E-state index in [-0.39, 0.29) is 11.5 Å². The van der Waals surface area contributed by atoms with Gasteiger partial charge in [-0.3, -0.25) is 4.18 Å². The summed E-state index contributed by atoms with van der Waals surface area (Å²) in [4.78, 5) is 0.210. The molecule has 20 heavy (non-hydrogen) atoms. The van der Waals surface area contributed by atoms with E-state index in [2.05, 4.69) is 6.92 Å². The van der Waals surface area contributed by atoms with Crippen LogP contribution in [0.15, 0.2) is 29.2 Å². The fourth-order valence-corrected chi connectivity index (χ4v) is 2.54. The molecule has 0 amide bonds. The molecule has 0 unspecified atom stereocenters. The van der Waals surface area contributed by atoms with Crippen LogP contribution in [-0.4, -0.2) is 28.2 Å². The molecule has 1 rings (SSSR count). The maximum atomic E-state index is 11.9. The molecule has 0 aromatic heterocycles. The van der Waals surface area contributed by atoms with Gasteiger partial charge in [-0.15, -0.1) is 0 Å². The minimum atomic E-state index is -3.62. The van der Waals surface area contributed by atoms with Crippen LogP contribution >= 0.6 is 0 Å². The molecule has 0 saturated carbocycles. The molecule has 1 aromatic rings. The number of hydrogen-bond donors (Lipinski definition) is 0. The number of rotatable bonds is 10. The van der Waals surface area contributed by atoms with Gasteiger partial charge in [-0.05, 0) is 38.3 Å². The maximum Gasteiger partial charge on any atom is 0.296 e. The summed E-state index contributed by atoms with van der Waals surface area (Å²) in [6.45, 7) is 5.67. The monoisotopic (exact) mass is 300 g/mol. The van der Waals surface area contributed by atoms with Crippen LogP contribution in [0.3, 0.4) is 0 Å². The Balaban J connectivity index is 2.22. The molecule has 5 heteroatoms. The third-order valence-corrected chi connectivity index (χ3v) is 4.20. The second kappa shape index (κ2) is 9.10. The highest BCUT2D eigenvalue weighted by atomic mass is 32.2. The number of benzene rings is 1. The molecule has 0 fully saturated rings. The summed E-state index contributed by atoms with van der Waals surface area (Å²) in [7, 11) is -3.62. The van der Waals surface area contributed by atoms with E-state index in [1.54, 1.807) is 24.3 Å². The van der Waals surface area contributed by atoms with Crippen molar-refractivity contribution in [2.24, 2.45) is 0 Å². The molecule has 0 aliphatic carbocycles. The van der Waals surface area contributed by atoms with E-state index < -0.39 is 10.1 Å². The largest absolute Gasteiger partial charge is 0.381 e. The van der Waals surface area contributed by atoms with Crippen molar-refractivity contribution in [2.45, 2.75) is 44.4 Å². The number of ether oxygens (including phenoxy) is 1. The van der Waals surface area contributed by atoms with Gasteiger partial charge in [-0.25, -0.2) is 0 Å². The highest BCUT2D eigenvalue weighted by Gasteiger charge is 2.14. The van der Waals surface area contributed by atoms with E-state index in [0.717, 1.165) is 31.4 Å². The standard InChI is InChI=1S/C15H24O4S/c1-3-4-11-18-12-5-6-13-19-20(16,17)15-9-7-14(2)8-10-15/h7-10H,3-6,11-13H2,1-2H3. The van der Waals surface area contributed by atoms with Gasteiger partial charge in [-0.2, -0.15) is 8.42 Å². The van der Waals surface area contributed by atoms with E-state index in [1.165, 1.54) is 0 Å². The molecule has 0 saturated heterocycles. The van der Waals surface area contributed by atoms with Gasteiger partial charge < -0.3 is 4.74 Å². The molecular formula is C15H24O4S. The van der Waals surface area contributed by atoms with Gasteiger partial charge in [-0.1, -0.05) is 31.0 Å². The smallest absolute Gasteiger partial charge is 0.296 e. The van der Waals surface area contributed by atoms with Gasteiger partial charge in [0.05, 0.1) is 11.5 Å². The minimum absolute atomic E-state index is 0.202. The average Bonchev–Trinajstić information content (AvgIpc) is 2.42. The van der Waals surface area contributed by atoms with Crippen LogP contribution in [0.2, 0.25) is 0 Å². The average molecular weight is 300 g/mol. The summed E-state index contributed by atoms with van der Waals surface area (Å²) >= 11 is 0. The third kappa shape index (κ3) is 6.50. The zero-order valence-corrected chi connectivity index (χ0v) is 13.1. The zero-order valence-electron chi connectivity index (χ0n) is 12.3. The van der Waals surface area contributed by atoms with Crippen LogP contribution < -0.4 is 0 Å². The molecule has 0 heterocycles. The summed E-state index contributed by atoms with van der Waals surface area (Å²) in [5.41, 5.74) is 1.02. The van der Waals surface area contributed by atoms with Gasteiger partial charge in [0.25, 0.3) is 10.1 Å². The van der Waals surface area contributed by atoms with E-state index in [1.807, 2.05) is 6.92 Å². The summed E-state index contributed by atoms with van der Waals surface area (Å²) in [6.07, 6.45) is 3.68. The lowest BCUT2D eigenvalue weighted by molar-refractivity contribution is 0.124. The molecule has 0 N–H and O–H groups in total. The van der Waals surface area contributed by atoms with Crippen molar-refractivity contribution < 1.29 is 17.3 Å². The van der Waals surface area contributed by atoms with Gasteiger partial charge in [0.15, 0.2) is 0 Å². The van der Waals surface area contributed by atoms with Crippen LogP contribution in [0.4, 0.5) is 0 Å². The Morgan fingerprint density at radius 1 is 0.950 bits per heavy atom. The lowest BCUT2D eigenvalue weighted by Gasteiger charge is -2.06. The zero-order chi connectivity index (χ0) is 14.8. The van der Waals surface area contributed by atoms with Gasteiger partial charge in [0.1, 0.15) is 0 Å². The Labute approximate surface area is 122 Å². The van der Waals surface area contributed by atoms with Gasteiger partial charge in [0, 0.05) is 13.2 Å².